The van der Waals surface area contributed by atoms with Crippen molar-refractivity contribution in [3.05, 3.63) is 52.8 Å². The molecule has 0 aliphatic carbocycles. The molecule has 1 unspecified atom stereocenters. The van der Waals surface area contributed by atoms with E-state index in [0.29, 0.717) is 0 Å². The van der Waals surface area contributed by atoms with Gasteiger partial charge in [-0.3, -0.25) is 4.79 Å². The van der Waals surface area contributed by atoms with Gasteiger partial charge in [-0.2, -0.15) is 8.78 Å². The molecule has 0 fully saturated rings. The lowest BCUT2D eigenvalue weighted by Gasteiger charge is -2.15. The van der Waals surface area contributed by atoms with Gasteiger partial charge in [0.25, 0.3) is 5.91 Å². The van der Waals surface area contributed by atoms with Crippen LogP contribution in [0.2, 0.25) is 5.02 Å². The molecular formula is C18H15ClF3NO5. The summed E-state index contributed by atoms with van der Waals surface area (Å²) >= 11 is 5.82. The number of rotatable bonds is 7. The first-order valence-corrected chi connectivity index (χ1v) is 8.18. The van der Waals surface area contributed by atoms with Crippen LogP contribution in [0, 0.1) is 5.82 Å². The molecule has 0 saturated heterocycles. The van der Waals surface area contributed by atoms with Crippen LogP contribution < -0.4 is 14.8 Å². The van der Waals surface area contributed by atoms with Crippen LogP contribution in [-0.2, 0) is 9.53 Å². The normalized spacial score (nSPS) is 11.7. The van der Waals surface area contributed by atoms with Gasteiger partial charge in [-0.25, -0.2) is 9.18 Å². The van der Waals surface area contributed by atoms with Gasteiger partial charge >= 0.3 is 12.6 Å². The van der Waals surface area contributed by atoms with E-state index >= 15 is 0 Å². The third kappa shape index (κ3) is 5.53. The quantitative estimate of drug-likeness (QED) is 0.681. The zero-order valence-electron chi connectivity index (χ0n) is 14.7. The molecule has 0 aliphatic heterocycles. The number of carbonyl (C=O) groups is 2. The number of nitrogens with one attached hydrogen (secondary N) is 1. The van der Waals surface area contributed by atoms with Crippen molar-refractivity contribution in [2.45, 2.75) is 19.6 Å². The van der Waals surface area contributed by atoms with E-state index in [1.54, 1.807) is 0 Å². The molecule has 2 rings (SSSR count). The van der Waals surface area contributed by atoms with Crippen molar-refractivity contribution in [1.29, 1.82) is 0 Å². The Morgan fingerprint density at radius 1 is 1.11 bits per heavy atom. The lowest BCUT2D eigenvalue weighted by atomic mass is 10.2. The summed E-state index contributed by atoms with van der Waals surface area (Å²) in [5.41, 5.74) is 0.101. The van der Waals surface area contributed by atoms with Crippen molar-refractivity contribution in [2.75, 3.05) is 12.4 Å². The minimum Gasteiger partial charge on any atom is -0.493 e. The van der Waals surface area contributed by atoms with Crippen molar-refractivity contribution in [1.82, 2.24) is 0 Å². The van der Waals surface area contributed by atoms with Crippen LogP contribution in [0.5, 0.6) is 11.5 Å². The highest BCUT2D eigenvalue weighted by molar-refractivity contribution is 6.33. The average molecular weight is 418 g/mol. The zero-order chi connectivity index (χ0) is 20.8. The molecule has 1 N–H and O–H groups in total. The Hall–Kier alpha value is -2.94. The summed E-state index contributed by atoms with van der Waals surface area (Å²) in [7, 11) is 1.21. The zero-order valence-corrected chi connectivity index (χ0v) is 15.4. The fraction of sp³-hybridized carbons (Fsp3) is 0.222. The number of anilines is 1. The summed E-state index contributed by atoms with van der Waals surface area (Å²) in [4.78, 5) is 24.3. The molecule has 0 spiro atoms. The second kappa shape index (κ2) is 9.32. The number of esters is 1. The lowest BCUT2D eigenvalue weighted by Crippen LogP contribution is -2.30. The number of methoxy groups -OCH3 is 1. The molecule has 2 aromatic carbocycles. The van der Waals surface area contributed by atoms with E-state index in [9.17, 15) is 22.8 Å². The Morgan fingerprint density at radius 3 is 2.43 bits per heavy atom. The van der Waals surface area contributed by atoms with Crippen LogP contribution in [0.15, 0.2) is 36.4 Å². The van der Waals surface area contributed by atoms with E-state index in [1.807, 2.05) is 0 Å². The molecule has 10 heteroatoms. The average Bonchev–Trinajstić information content (AvgIpc) is 2.63. The minimum absolute atomic E-state index is 0.0220. The maximum absolute atomic E-state index is 13.0. The first kappa shape index (κ1) is 21.4. The summed E-state index contributed by atoms with van der Waals surface area (Å²) in [5, 5.41) is 2.38. The third-order valence-corrected chi connectivity index (χ3v) is 3.77. The number of alkyl halides is 2. The van der Waals surface area contributed by atoms with E-state index in [0.717, 1.165) is 24.3 Å². The fourth-order valence-electron chi connectivity index (χ4n) is 2.10. The monoisotopic (exact) mass is 417 g/mol. The van der Waals surface area contributed by atoms with Crippen LogP contribution in [0.25, 0.3) is 0 Å². The highest BCUT2D eigenvalue weighted by Gasteiger charge is 2.21. The summed E-state index contributed by atoms with van der Waals surface area (Å²) in [6, 6.07) is 6.82. The standard InChI is InChI=1S/C18H15ClF3NO5/c1-9(16(24)23-13-5-4-11(20)8-12(13)19)27-17(25)10-3-6-14(28-18(21)22)15(7-10)26-2/h3-9,18H,1-2H3,(H,23,24). The number of ether oxygens (including phenoxy) is 3. The smallest absolute Gasteiger partial charge is 0.387 e. The van der Waals surface area contributed by atoms with Crippen LogP contribution in [-0.4, -0.2) is 31.7 Å². The largest absolute Gasteiger partial charge is 0.493 e. The van der Waals surface area contributed by atoms with Gasteiger partial charge in [0, 0.05) is 0 Å². The van der Waals surface area contributed by atoms with Crippen molar-refractivity contribution in [3.8, 4) is 11.5 Å². The number of hydrogen-bond donors (Lipinski definition) is 1. The third-order valence-electron chi connectivity index (χ3n) is 3.46. The summed E-state index contributed by atoms with van der Waals surface area (Å²) in [5.74, 6) is -2.53. The van der Waals surface area contributed by atoms with E-state index in [2.05, 4.69) is 10.1 Å². The van der Waals surface area contributed by atoms with Gasteiger partial charge in [0.05, 0.1) is 23.4 Å². The van der Waals surface area contributed by atoms with Crippen LogP contribution in [0.4, 0.5) is 18.9 Å². The highest BCUT2D eigenvalue weighted by atomic mass is 35.5. The highest BCUT2D eigenvalue weighted by Crippen LogP contribution is 2.30. The van der Waals surface area contributed by atoms with Crippen molar-refractivity contribution in [3.63, 3.8) is 0 Å². The van der Waals surface area contributed by atoms with Gasteiger partial charge in [-0.05, 0) is 43.3 Å². The SMILES string of the molecule is COc1cc(C(=O)OC(C)C(=O)Nc2ccc(F)cc2Cl)ccc1OC(F)F. The molecule has 1 amide bonds. The second-order valence-corrected chi connectivity index (χ2v) is 5.81. The van der Waals surface area contributed by atoms with Gasteiger partial charge in [0.15, 0.2) is 17.6 Å². The first-order valence-electron chi connectivity index (χ1n) is 7.81. The summed E-state index contributed by atoms with van der Waals surface area (Å²) in [6.07, 6.45) is -1.23. The molecule has 2 aromatic rings. The first-order chi connectivity index (χ1) is 13.2. The molecule has 0 bridgehead atoms. The second-order valence-electron chi connectivity index (χ2n) is 5.41. The minimum atomic E-state index is -3.06. The van der Waals surface area contributed by atoms with Crippen LogP contribution in [0.3, 0.4) is 0 Å². The number of benzene rings is 2. The van der Waals surface area contributed by atoms with Crippen molar-refractivity contribution in [2.24, 2.45) is 0 Å². The van der Waals surface area contributed by atoms with Gasteiger partial charge in [0.2, 0.25) is 0 Å². The fourth-order valence-corrected chi connectivity index (χ4v) is 2.31. The summed E-state index contributed by atoms with van der Waals surface area (Å²) < 4.78 is 51.9. The predicted octanol–water partition coefficient (Wildman–Crippen LogP) is 4.27. The van der Waals surface area contributed by atoms with E-state index in [4.69, 9.17) is 21.1 Å². The van der Waals surface area contributed by atoms with Gasteiger partial charge < -0.3 is 19.5 Å². The van der Waals surface area contributed by atoms with Crippen LogP contribution >= 0.6 is 11.6 Å². The molecule has 1 atom stereocenters. The van der Waals surface area contributed by atoms with Gasteiger partial charge in [-0.1, -0.05) is 11.6 Å². The van der Waals surface area contributed by atoms with E-state index < -0.39 is 30.4 Å². The number of hydrogen-bond acceptors (Lipinski definition) is 5. The van der Waals surface area contributed by atoms with Crippen molar-refractivity contribution < 1.29 is 37.0 Å². The number of amides is 1. The van der Waals surface area contributed by atoms with Crippen LogP contribution in [0.1, 0.15) is 17.3 Å². The van der Waals surface area contributed by atoms with Crippen molar-refractivity contribution >= 4 is 29.2 Å². The predicted molar refractivity (Wildman–Crippen MR) is 94.5 cm³/mol. The molecule has 28 heavy (non-hydrogen) atoms. The maximum Gasteiger partial charge on any atom is 0.387 e. The maximum atomic E-state index is 13.0. The lowest BCUT2D eigenvalue weighted by molar-refractivity contribution is -0.123. The molecule has 0 radical (unpaired) electrons. The Bertz CT molecular complexity index is 878. The topological polar surface area (TPSA) is 73.9 Å². The molecule has 0 heterocycles. The Balaban J connectivity index is 2.05. The number of carbonyl (C=O) groups excluding carboxylic acids is 2. The molecule has 6 nitrogen and oxygen atoms in total. The van der Waals surface area contributed by atoms with E-state index in [1.165, 1.54) is 26.2 Å². The van der Waals surface area contributed by atoms with Gasteiger partial charge in [0.1, 0.15) is 5.82 Å². The number of halogens is 4. The summed E-state index contributed by atoms with van der Waals surface area (Å²) in [6.45, 7) is -1.75. The molecule has 0 saturated carbocycles. The molecule has 0 aliphatic rings. The molecular weight excluding hydrogens is 403 g/mol. The Labute approximate surface area is 163 Å². The van der Waals surface area contributed by atoms with Gasteiger partial charge in [-0.15, -0.1) is 0 Å². The van der Waals surface area contributed by atoms with E-state index in [-0.39, 0.29) is 27.8 Å². The Kier molecular flexibility index (Phi) is 7.11. The Morgan fingerprint density at radius 2 is 1.82 bits per heavy atom. The molecule has 0 aromatic heterocycles. The molecule has 150 valence electrons.